The first-order valence-electron chi connectivity index (χ1n) is 16.4. The van der Waals surface area contributed by atoms with E-state index in [0.29, 0.717) is 0 Å². The Balaban J connectivity index is 1.20. The fourth-order valence-electron chi connectivity index (χ4n) is 7.76. The largest absolute Gasteiger partial charge is 0.312 e. The number of hydrogen-bond donors (Lipinski definition) is 0. The summed E-state index contributed by atoms with van der Waals surface area (Å²) in [5, 5.41) is 3.76. The molecule has 224 valence electrons. The van der Waals surface area contributed by atoms with Crippen molar-refractivity contribution in [1.82, 2.24) is 4.57 Å². The Morgan fingerprint density at radius 1 is 0.511 bits per heavy atom. The molecule has 1 aromatic heterocycles. The van der Waals surface area contributed by atoms with Crippen molar-refractivity contribution in [3.05, 3.63) is 181 Å². The zero-order valence-electron chi connectivity index (χ0n) is 26.6. The normalized spacial score (nSPS) is 13.1. The van der Waals surface area contributed by atoms with E-state index in [1.165, 1.54) is 66.6 Å². The maximum absolute atomic E-state index is 2.49. The highest BCUT2D eigenvalue weighted by atomic mass is 15.1. The van der Waals surface area contributed by atoms with Gasteiger partial charge >= 0.3 is 0 Å². The Kier molecular flexibility index (Phi) is 6.20. The quantitative estimate of drug-likeness (QED) is 0.190. The molecule has 0 spiro atoms. The monoisotopic (exact) mass is 602 g/mol. The molecule has 0 saturated carbocycles. The van der Waals surface area contributed by atoms with Crippen molar-refractivity contribution in [1.29, 1.82) is 0 Å². The number of fused-ring (bicyclic) bond motifs is 6. The molecule has 1 aliphatic rings. The molecule has 9 rings (SSSR count). The summed E-state index contributed by atoms with van der Waals surface area (Å²) >= 11 is 0. The van der Waals surface area contributed by atoms with Crippen LogP contribution in [0.2, 0.25) is 0 Å². The number of hydrogen-bond acceptors (Lipinski definition) is 1. The van der Waals surface area contributed by atoms with Gasteiger partial charge in [-0.2, -0.15) is 0 Å². The fourth-order valence-corrected chi connectivity index (χ4v) is 7.76. The molecule has 0 saturated heterocycles. The third-order valence-electron chi connectivity index (χ3n) is 9.92. The van der Waals surface area contributed by atoms with E-state index in [4.69, 9.17) is 0 Å². The first kappa shape index (κ1) is 27.5. The van der Waals surface area contributed by atoms with Crippen LogP contribution in [-0.2, 0) is 5.41 Å². The number of benzene rings is 7. The van der Waals surface area contributed by atoms with Crippen molar-refractivity contribution in [2.45, 2.75) is 19.3 Å². The molecule has 2 nitrogen and oxygen atoms in total. The maximum Gasteiger partial charge on any atom is 0.0540 e. The van der Waals surface area contributed by atoms with Gasteiger partial charge in [-0.3, -0.25) is 0 Å². The van der Waals surface area contributed by atoms with Crippen LogP contribution in [0.1, 0.15) is 25.1 Å². The van der Waals surface area contributed by atoms with Gasteiger partial charge in [0.25, 0.3) is 0 Å². The summed E-state index contributed by atoms with van der Waals surface area (Å²) in [6, 6.07) is 61.6. The first-order valence-corrected chi connectivity index (χ1v) is 16.4. The van der Waals surface area contributed by atoms with Crippen LogP contribution in [0.4, 0.5) is 17.1 Å². The lowest BCUT2D eigenvalue weighted by Crippen LogP contribution is -2.19. The van der Waals surface area contributed by atoms with E-state index in [-0.39, 0.29) is 5.41 Å². The average molecular weight is 603 g/mol. The van der Waals surface area contributed by atoms with E-state index >= 15 is 0 Å². The molecule has 8 aromatic rings. The van der Waals surface area contributed by atoms with E-state index < -0.39 is 0 Å². The molecule has 47 heavy (non-hydrogen) atoms. The Labute approximate surface area is 275 Å². The third kappa shape index (κ3) is 4.26. The van der Waals surface area contributed by atoms with Crippen molar-refractivity contribution < 1.29 is 0 Å². The van der Waals surface area contributed by atoms with Crippen molar-refractivity contribution in [3.8, 4) is 27.9 Å². The Bertz CT molecular complexity index is 2410. The minimum Gasteiger partial charge on any atom is -0.312 e. The average Bonchev–Trinajstić information content (AvgIpc) is 3.59. The zero-order chi connectivity index (χ0) is 31.5. The van der Waals surface area contributed by atoms with Crippen molar-refractivity contribution in [2.24, 2.45) is 0 Å². The Morgan fingerprint density at radius 3 is 1.96 bits per heavy atom. The molecule has 1 heterocycles. The van der Waals surface area contributed by atoms with Gasteiger partial charge in [0, 0.05) is 44.5 Å². The van der Waals surface area contributed by atoms with Crippen LogP contribution in [-0.4, -0.2) is 4.57 Å². The maximum atomic E-state index is 2.49. The molecule has 0 N–H and O–H groups in total. The molecule has 0 aliphatic heterocycles. The molecule has 0 radical (unpaired) electrons. The standard InChI is InChI=1S/C45H34N2/c1-45(2)40-22-12-11-21-38(40)43-39-30-33(26-29-42(39)47(44(43)45)35-18-7-4-8-19-35)31-24-27-36(28-25-31)46(34-16-5-3-6-17-34)41-23-13-15-32-14-9-10-20-37(32)41/h3-30H,1-2H3. The Morgan fingerprint density at radius 2 is 1.15 bits per heavy atom. The minimum atomic E-state index is -0.120. The number of nitrogens with zero attached hydrogens (tertiary/aromatic N) is 2. The fraction of sp³-hybridized carbons (Fsp3) is 0.0667. The van der Waals surface area contributed by atoms with E-state index in [1.54, 1.807) is 0 Å². The van der Waals surface area contributed by atoms with E-state index in [9.17, 15) is 0 Å². The molecule has 2 heteroatoms. The molecule has 0 bridgehead atoms. The minimum absolute atomic E-state index is 0.120. The van der Waals surface area contributed by atoms with Gasteiger partial charge in [0.05, 0.1) is 11.2 Å². The van der Waals surface area contributed by atoms with Gasteiger partial charge < -0.3 is 9.47 Å². The second-order valence-electron chi connectivity index (χ2n) is 13.0. The Hall–Kier alpha value is -5.86. The highest BCUT2D eigenvalue weighted by Gasteiger charge is 2.40. The number of anilines is 3. The summed E-state index contributed by atoms with van der Waals surface area (Å²) < 4.78 is 2.49. The number of rotatable bonds is 5. The second-order valence-corrected chi connectivity index (χ2v) is 13.0. The molecular weight excluding hydrogens is 569 g/mol. The zero-order valence-corrected chi connectivity index (χ0v) is 26.6. The van der Waals surface area contributed by atoms with E-state index in [1.807, 2.05) is 0 Å². The van der Waals surface area contributed by atoms with Gasteiger partial charge in [-0.05, 0) is 82.2 Å². The molecule has 0 unspecified atom stereocenters. The van der Waals surface area contributed by atoms with Crippen molar-refractivity contribution in [3.63, 3.8) is 0 Å². The molecule has 1 aliphatic carbocycles. The highest BCUT2D eigenvalue weighted by molar-refractivity contribution is 6.05. The summed E-state index contributed by atoms with van der Waals surface area (Å²) in [7, 11) is 0. The van der Waals surface area contributed by atoms with Gasteiger partial charge in [-0.1, -0.05) is 129 Å². The third-order valence-corrected chi connectivity index (χ3v) is 9.92. The van der Waals surface area contributed by atoms with E-state index in [0.717, 1.165) is 11.4 Å². The first-order chi connectivity index (χ1) is 23.1. The smallest absolute Gasteiger partial charge is 0.0540 e. The van der Waals surface area contributed by atoms with Crippen LogP contribution in [0, 0.1) is 0 Å². The number of aromatic nitrogens is 1. The van der Waals surface area contributed by atoms with Gasteiger partial charge in [0.2, 0.25) is 0 Å². The summed E-state index contributed by atoms with van der Waals surface area (Å²) in [4.78, 5) is 2.36. The lowest BCUT2D eigenvalue weighted by atomic mass is 9.85. The summed E-state index contributed by atoms with van der Waals surface area (Å²) in [5.74, 6) is 0. The molecule has 0 fully saturated rings. The van der Waals surface area contributed by atoms with Crippen LogP contribution in [0.5, 0.6) is 0 Å². The van der Waals surface area contributed by atoms with Crippen LogP contribution in [0.25, 0.3) is 49.6 Å². The lowest BCUT2D eigenvalue weighted by molar-refractivity contribution is 0.624. The predicted molar refractivity (Wildman–Crippen MR) is 198 cm³/mol. The van der Waals surface area contributed by atoms with Gasteiger partial charge in [0.1, 0.15) is 0 Å². The molecule has 0 atom stereocenters. The second kappa shape index (κ2) is 10.6. The van der Waals surface area contributed by atoms with Crippen LogP contribution >= 0.6 is 0 Å². The SMILES string of the molecule is CC1(C)c2ccccc2-c2c1n(-c1ccccc1)c1ccc(-c3ccc(N(c4ccccc4)c4cccc5ccccc45)cc3)cc21. The molecule has 0 amide bonds. The van der Waals surface area contributed by atoms with Gasteiger partial charge in [0.15, 0.2) is 0 Å². The van der Waals surface area contributed by atoms with E-state index in [2.05, 4.69) is 193 Å². The van der Waals surface area contributed by atoms with Crippen LogP contribution in [0.3, 0.4) is 0 Å². The highest BCUT2D eigenvalue weighted by Crippen LogP contribution is 2.54. The predicted octanol–water partition coefficient (Wildman–Crippen LogP) is 12.2. The van der Waals surface area contributed by atoms with Crippen molar-refractivity contribution in [2.75, 3.05) is 4.90 Å². The molecule has 7 aromatic carbocycles. The summed E-state index contributed by atoms with van der Waals surface area (Å²) in [6.45, 7) is 4.73. The van der Waals surface area contributed by atoms with Crippen LogP contribution < -0.4 is 4.90 Å². The topological polar surface area (TPSA) is 8.17 Å². The summed E-state index contributed by atoms with van der Waals surface area (Å²) in [5.41, 5.74) is 13.6. The van der Waals surface area contributed by atoms with Crippen molar-refractivity contribution >= 4 is 38.7 Å². The van der Waals surface area contributed by atoms with Gasteiger partial charge in [-0.25, -0.2) is 0 Å². The van der Waals surface area contributed by atoms with Gasteiger partial charge in [-0.15, -0.1) is 0 Å². The van der Waals surface area contributed by atoms with Crippen LogP contribution in [0.15, 0.2) is 170 Å². The lowest BCUT2D eigenvalue weighted by Gasteiger charge is -2.27. The molecular formula is C45H34N2. The number of para-hydroxylation sites is 2. The summed E-state index contributed by atoms with van der Waals surface area (Å²) in [6.07, 6.45) is 0.